The highest BCUT2D eigenvalue weighted by molar-refractivity contribution is 7.19. The van der Waals surface area contributed by atoms with Gasteiger partial charge in [0.05, 0.1) is 20.8 Å². The van der Waals surface area contributed by atoms with Crippen LogP contribution in [0, 0.1) is 11.3 Å². The lowest BCUT2D eigenvalue weighted by Gasteiger charge is -2.00. The second-order valence-electron chi connectivity index (χ2n) is 4.16. The minimum atomic E-state index is -0.399. The first-order chi connectivity index (χ1) is 10.7. The number of rotatable bonds is 3. The van der Waals surface area contributed by atoms with Crippen molar-refractivity contribution in [1.82, 2.24) is 10.2 Å². The summed E-state index contributed by atoms with van der Waals surface area (Å²) >= 11 is 7.14. The predicted molar refractivity (Wildman–Crippen MR) is 81.7 cm³/mol. The lowest BCUT2D eigenvalue weighted by atomic mass is 10.1. The van der Waals surface area contributed by atoms with Gasteiger partial charge in [-0.05, 0) is 36.4 Å². The first kappa shape index (κ1) is 14.3. The molecule has 0 spiro atoms. The van der Waals surface area contributed by atoms with Gasteiger partial charge >= 0.3 is 6.01 Å². The monoisotopic (exact) mass is 330 g/mol. The van der Waals surface area contributed by atoms with E-state index in [1.807, 2.05) is 6.07 Å². The number of nitriles is 1. The molecule has 8 heteroatoms. The smallest absolute Gasteiger partial charge is 0.322 e. The molecule has 0 unspecified atom stereocenters. The predicted octanol–water partition coefficient (Wildman–Crippen LogP) is 3.58. The van der Waals surface area contributed by atoms with Gasteiger partial charge in [-0.2, -0.15) is 5.26 Å². The summed E-state index contributed by atoms with van der Waals surface area (Å²) in [6, 6.07) is 11.7. The summed E-state index contributed by atoms with van der Waals surface area (Å²) in [5, 5.41) is 18.8. The van der Waals surface area contributed by atoms with Crippen molar-refractivity contribution < 1.29 is 9.21 Å². The number of aromatic nitrogens is 2. The van der Waals surface area contributed by atoms with E-state index in [2.05, 4.69) is 15.5 Å². The molecule has 0 fully saturated rings. The summed E-state index contributed by atoms with van der Waals surface area (Å²) in [7, 11) is 0. The molecule has 0 aliphatic heterocycles. The Labute approximate surface area is 134 Å². The van der Waals surface area contributed by atoms with Gasteiger partial charge < -0.3 is 4.42 Å². The Morgan fingerprint density at radius 1 is 1.23 bits per heavy atom. The lowest BCUT2D eigenvalue weighted by molar-refractivity contribution is 0.102. The van der Waals surface area contributed by atoms with Crippen LogP contribution >= 0.6 is 22.9 Å². The van der Waals surface area contributed by atoms with Gasteiger partial charge in [0.25, 0.3) is 11.8 Å². The maximum absolute atomic E-state index is 12.0. The number of hydrogen-bond donors (Lipinski definition) is 1. The highest BCUT2D eigenvalue weighted by Crippen LogP contribution is 2.30. The second kappa shape index (κ2) is 5.97. The Kier molecular flexibility index (Phi) is 3.87. The Bertz CT molecular complexity index is 864. The number of benzene rings is 1. The van der Waals surface area contributed by atoms with Crippen molar-refractivity contribution in [3.63, 3.8) is 0 Å². The molecule has 0 atom stereocenters. The van der Waals surface area contributed by atoms with Crippen LogP contribution < -0.4 is 5.32 Å². The molecule has 0 saturated heterocycles. The van der Waals surface area contributed by atoms with Gasteiger partial charge in [-0.25, -0.2) is 0 Å². The molecule has 6 nitrogen and oxygen atoms in total. The fraction of sp³-hybridized carbons (Fsp3) is 0. The number of amides is 1. The van der Waals surface area contributed by atoms with Crippen molar-refractivity contribution in [1.29, 1.82) is 5.26 Å². The second-order valence-corrected chi connectivity index (χ2v) is 5.87. The molecule has 1 amide bonds. The van der Waals surface area contributed by atoms with Crippen molar-refractivity contribution in [2.75, 3.05) is 5.32 Å². The lowest BCUT2D eigenvalue weighted by Crippen LogP contribution is -2.11. The summed E-state index contributed by atoms with van der Waals surface area (Å²) in [6.45, 7) is 0. The van der Waals surface area contributed by atoms with E-state index in [1.165, 1.54) is 11.3 Å². The molecule has 1 N–H and O–H groups in total. The van der Waals surface area contributed by atoms with Gasteiger partial charge in [0, 0.05) is 5.56 Å². The van der Waals surface area contributed by atoms with Crippen LogP contribution in [0.5, 0.6) is 0 Å². The van der Waals surface area contributed by atoms with E-state index in [9.17, 15) is 4.79 Å². The van der Waals surface area contributed by atoms with Crippen LogP contribution in [0.25, 0.3) is 10.8 Å². The van der Waals surface area contributed by atoms with Crippen LogP contribution in [0.1, 0.15) is 15.9 Å². The zero-order valence-corrected chi connectivity index (χ0v) is 12.5. The van der Waals surface area contributed by atoms with E-state index in [0.717, 1.165) is 4.88 Å². The van der Waals surface area contributed by atoms with E-state index in [4.69, 9.17) is 21.3 Å². The summed E-state index contributed by atoms with van der Waals surface area (Å²) in [5.41, 5.74) is 0.865. The molecule has 0 radical (unpaired) electrons. The largest absolute Gasteiger partial charge is 0.402 e. The fourth-order valence-electron chi connectivity index (χ4n) is 1.67. The summed E-state index contributed by atoms with van der Waals surface area (Å²) in [5.74, 6) is -0.115. The molecule has 2 heterocycles. The van der Waals surface area contributed by atoms with Crippen LogP contribution in [-0.2, 0) is 0 Å². The number of anilines is 1. The Hall–Kier alpha value is -2.69. The molecule has 108 valence electrons. The van der Waals surface area contributed by atoms with E-state index < -0.39 is 5.91 Å². The van der Waals surface area contributed by atoms with E-state index in [1.54, 1.807) is 36.4 Å². The molecular formula is C14H7ClN4O2S. The SMILES string of the molecule is N#Cc1ccc(C(=O)Nc2nnc(-c3ccc(Cl)s3)o2)cc1. The van der Waals surface area contributed by atoms with Gasteiger partial charge in [0.1, 0.15) is 0 Å². The molecule has 3 rings (SSSR count). The Balaban J connectivity index is 1.74. The maximum atomic E-state index is 12.0. The minimum absolute atomic E-state index is 0.00566. The zero-order chi connectivity index (χ0) is 15.5. The number of hydrogen-bond acceptors (Lipinski definition) is 6. The molecule has 0 aliphatic carbocycles. The molecule has 2 aromatic heterocycles. The number of halogens is 1. The quantitative estimate of drug-likeness (QED) is 0.792. The van der Waals surface area contributed by atoms with Gasteiger partial charge in [0.2, 0.25) is 0 Å². The highest BCUT2D eigenvalue weighted by Gasteiger charge is 2.14. The van der Waals surface area contributed by atoms with Gasteiger partial charge in [-0.3, -0.25) is 10.1 Å². The third kappa shape index (κ3) is 2.98. The third-order valence-corrected chi connectivity index (χ3v) is 3.92. The Morgan fingerprint density at radius 3 is 2.64 bits per heavy atom. The molecule has 0 aliphatic rings. The number of thiophene rings is 1. The Morgan fingerprint density at radius 2 is 2.00 bits per heavy atom. The molecule has 3 aromatic rings. The van der Waals surface area contributed by atoms with Crippen LogP contribution in [0.4, 0.5) is 6.01 Å². The number of carbonyl (C=O) groups excluding carboxylic acids is 1. The highest BCUT2D eigenvalue weighted by atomic mass is 35.5. The van der Waals surface area contributed by atoms with Crippen molar-refractivity contribution in [2.24, 2.45) is 0 Å². The zero-order valence-electron chi connectivity index (χ0n) is 10.9. The standard InChI is InChI=1S/C14H7ClN4O2S/c15-11-6-5-10(22-11)13-18-19-14(21-13)17-12(20)9-3-1-8(7-16)2-4-9/h1-6H,(H,17,19,20). The molecule has 0 bridgehead atoms. The first-order valence-corrected chi connectivity index (χ1v) is 7.26. The first-order valence-electron chi connectivity index (χ1n) is 6.06. The van der Waals surface area contributed by atoms with Crippen molar-refractivity contribution in [2.45, 2.75) is 0 Å². The van der Waals surface area contributed by atoms with Crippen molar-refractivity contribution in [3.8, 4) is 16.8 Å². The topological polar surface area (TPSA) is 91.8 Å². The average Bonchev–Trinajstić information content (AvgIpc) is 3.16. The average molecular weight is 331 g/mol. The van der Waals surface area contributed by atoms with Crippen molar-refractivity contribution in [3.05, 3.63) is 51.9 Å². The fourth-order valence-corrected chi connectivity index (χ4v) is 2.63. The van der Waals surface area contributed by atoms with E-state index in [0.29, 0.717) is 15.5 Å². The minimum Gasteiger partial charge on any atom is -0.402 e. The number of nitrogens with zero attached hydrogens (tertiary/aromatic N) is 3. The van der Waals surface area contributed by atoms with Gasteiger partial charge in [-0.1, -0.05) is 16.7 Å². The maximum Gasteiger partial charge on any atom is 0.322 e. The molecule has 22 heavy (non-hydrogen) atoms. The summed E-state index contributed by atoms with van der Waals surface area (Å²) in [4.78, 5) is 12.7. The van der Waals surface area contributed by atoms with E-state index in [-0.39, 0.29) is 11.9 Å². The summed E-state index contributed by atoms with van der Waals surface area (Å²) < 4.78 is 5.97. The van der Waals surface area contributed by atoms with E-state index >= 15 is 0 Å². The van der Waals surface area contributed by atoms with Gasteiger partial charge in [-0.15, -0.1) is 16.4 Å². The van der Waals surface area contributed by atoms with Crippen LogP contribution in [0.3, 0.4) is 0 Å². The van der Waals surface area contributed by atoms with Crippen LogP contribution in [0.15, 0.2) is 40.8 Å². The number of carbonyl (C=O) groups is 1. The number of nitrogens with one attached hydrogen (secondary N) is 1. The van der Waals surface area contributed by atoms with Crippen molar-refractivity contribution >= 4 is 34.9 Å². The third-order valence-electron chi connectivity index (χ3n) is 2.71. The molecule has 0 saturated carbocycles. The van der Waals surface area contributed by atoms with Crippen LogP contribution in [-0.4, -0.2) is 16.1 Å². The molecule has 1 aromatic carbocycles. The van der Waals surface area contributed by atoms with Crippen LogP contribution in [0.2, 0.25) is 4.34 Å². The normalized spacial score (nSPS) is 10.2. The molecular weight excluding hydrogens is 324 g/mol. The summed E-state index contributed by atoms with van der Waals surface area (Å²) in [6.07, 6.45) is 0. The van der Waals surface area contributed by atoms with Gasteiger partial charge in [0.15, 0.2) is 0 Å².